The zero-order valence-corrected chi connectivity index (χ0v) is 16.2. The van der Waals surface area contributed by atoms with E-state index in [1.165, 1.54) is 0 Å². The van der Waals surface area contributed by atoms with Gasteiger partial charge in [0.15, 0.2) is 0 Å². The summed E-state index contributed by atoms with van der Waals surface area (Å²) < 4.78 is 0. The first-order chi connectivity index (χ1) is 12.8. The minimum Gasteiger partial charge on any atom is -0.387 e. The number of non-ortho nitro benzene ring substituents is 1. The topological polar surface area (TPSA) is 66.6 Å². The Labute approximate surface area is 160 Å². The van der Waals surface area contributed by atoms with E-state index in [-0.39, 0.29) is 22.2 Å². The van der Waals surface area contributed by atoms with Gasteiger partial charge in [-0.15, -0.1) is 0 Å². The number of nitro groups is 1. The average molecular weight is 368 g/mol. The first-order valence-corrected chi connectivity index (χ1v) is 9.52. The molecule has 0 saturated carbocycles. The lowest BCUT2D eigenvalue weighted by Crippen LogP contribution is -2.51. The van der Waals surface area contributed by atoms with Gasteiger partial charge in [-0.05, 0) is 51.2 Å². The Morgan fingerprint density at radius 3 is 2.30 bits per heavy atom. The average Bonchev–Trinajstić information content (AvgIpc) is 3.06. The van der Waals surface area contributed by atoms with Crippen molar-refractivity contribution >= 4 is 5.69 Å². The Kier molecular flexibility index (Phi) is 5.63. The van der Waals surface area contributed by atoms with E-state index in [0.717, 1.165) is 30.4 Å². The predicted octanol–water partition coefficient (Wildman–Crippen LogP) is 4.50. The molecule has 1 heterocycles. The van der Waals surface area contributed by atoms with Gasteiger partial charge in [-0.2, -0.15) is 0 Å². The van der Waals surface area contributed by atoms with Crippen LogP contribution in [-0.2, 0) is 6.42 Å². The summed E-state index contributed by atoms with van der Waals surface area (Å²) in [6.45, 7) is 6.56. The molecule has 0 aliphatic carbocycles. The molecule has 3 atom stereocenters. The van der Waals surface area contributed by atoms with E-state index in [1.54, 1.807) is 12.1 Å². The van der Waals surface area contributed by atoms with Crippen LogP contribution in [0.4, 0.5) is 5.69 Å². The maximum absolute atomic E-state index is 11.0. The molecule has 2 aromatic rings. The first kappa shape index (κ1) is 19.5. The predicted molar refractivity (Wildman–Crippen MR) is 107 cm³/mol. The number of aliphatic hydroxyl groups excluding tert-OH is 1. The Bertz CT molecular complexity index is 768. The zero-order valence-electron chi connectivity index (χ0n) is 16.2. The van der Waals surface area contributed by atoms with Crippen LogP contribution in [0.2, 0.25) is 0 Å². The molecule has 1 aliphatic heterocycles. The number of hydrogen-bond acceptors (Lipinski definition) is 4. The highest BCUT2D eigenvalue weighted by Gasteiger charge is 2.43. The van der Waals surface area contributed by atoms with Crippen LogP contribution in [0, 0.1) is 10.1 Å². The van der Waals surface area contributed by atoms with Gasteiger partial charge in [-0.25, -0.2) is 0 Å². The Morgan fingerprint density at radius 2 is 1.74 bits per heavy atom. The van der Waals surface area contributed by atoms with Gasteiger partial charge in [0, 0.05) is 29.8 Å². The van der Waals surface area contributed by atoms with E-state index < -0.39 is 6.10 Å². The number of nitro benzene ring substituents is 1. The molecule has 0 spiro atoms. The van der Waals surface area contributed by atoms with Crippen molar-refractivity contribution < 1.29 is 10.0 Å². The minimum atomic E-state index is -0.521. The molecular formula is C22H28N2O3. The summed E-state index contributed by atoms with van der Waals surface area (Å²) in [5.74, 6) is 0. The molecule has 5 heteroatoms. The van der Waals surface area contributed by atoms with Crippen LogP contribution in [0.5, 0.6) is 0 Å². The number of rotatable bonds is 5. The van der Waals surface area contributed by atoms with Gasteiger partial charge in [0.25, 0.3) is 5.69 Å². The van der Waals surface area contributed by atoms with E-state index in [0.29, 0.717) is 6.04 Å². The van der Waals surface area contributed by atoms with Gasteiger partial charge >= 0.3 is 0 Å². The van der Waals surface area contributed by atoms with Crippen molar-refractivity contribution in [2.24, 2.45) is 0 Å². The highest BCUT2D eigenvalue weighted by molar-refractivity contribution is 5.33. The Balaban J connectivity index is 1.80. The maximum Gasteiger partial charge on any atom is 0.269 e. The van der Waals surface area contributed by atoms with Crippen LogP contribution in [0.1, 0.15) is 50.8 Å². The third-order valence-corrected chi connectivity index (χ3v) is 5.44. The van der Waals surface area contributed by atoms with Crippen LogP contribution in [0.25, 0.3) is 0 Å². The molecule has 0 amide bonds. The fourth-order valence-corrected chi connectivity index (χ4v) is 4.37. The highest BCUT2D eigenvalue weighted by Crippen LogP contribution is 2.39. The fourth-order valence-electron chi connectivity index (χ4n) is 4.37. The molecule has 3 rings (SSSR count). The molecule has 1 aliphatic rings. The van der Waals surface area contributed by atoms with Crippen molar-refractivity contribution in [3.05, 3.63) is 75.8 Å². The Hall–Kier alpha value is -2.24. The van der Waals surface area contributed by atoms with Gasteiger partial charge in [-0.1, -0.05) is 42.5 Å². The molecule has 1 saturated heterocycles. The summed E-state index contributed by atoms with van der Waals surface area (Å²) in [6.07, 6.45) is 2.24. The normalized spacial score (nSPS) is 21.9. The van der Waals surface area contributed by atoms with Crippen molar-refractivity contribution in [3.63, 3.8) is 0 Å². The molecule has 27 heavy (non-hydrogen) atoms. The first-order valence-electron chi connectivity index (χ1n) is 9.52. The number of likely N-dealkylation sites (tertiary alicyclic amines) is 1. The van der Waals surface area contributed by atoms with Crippen molar-refractivity contribution in [2.75, 3.05) is 0 Å². The van der Waals surface area contributed by atoms with Crippen LogP contribution >= 0.6 is 0 Å². The summed E-state index contributed by atoms with van der Waals surface area (Å²) in [7, 11) is 0. The number of hydrogen-bond donors (Lipinski definition) is 1. The fraction of sp³-hybridized carbons (Fsp3) is 0.455. The van der Waals surface area contributed by atoms with E-state index in [9.17, 15) is 15.2 Å². The van der Waals surface area contributed by atoms with E-state index in [4.69, 9.17) is 0 Å². The smallest absolute Gasteiger partial charge is 0.269 e. The second-order valence-electron chi connectivity index (χ2n) is 8.36. The van der Waals surface area contributed by atoms with Crippen LogP contribution in [-0.4, -0.2) is 32.6 Å². The molecule has 0 unspecified atom stereocenters. The molecule has 0 aromatic heterocycles. The van der Waals surface area contributed by atoms with Crippen molar-refractivity contribution in [1.29, 1.82) is 0 Å². The highest BCUT2D eigenvalue weighted by atomic mass is 16.6. The second kappa shape index (κ2) is 7.79. The summed E-state index contributed by atoms with van der Waals surface area (Å²) in [5, 5.41) is 21.9. The molecule has 1 N–H and O–H groups in total. The largest absolute Gasteiger partial charge is 0.387 e. The van der Waals surface area contributed by atoms with Gasteiger partial charge in [0.2, 0.25) is 0 Å². The summed E-state index contributed by atoms with van der Waals surface area (Å²) in [6, 6.07) is 17.1. The molecule has 144 valence electrons. The molecule has 1 fully saturated rings. The maximum atomic E-state index is 11.0. The van der Waals surface area contributed by atoms with Gasteiger partial charge in [0.05, 0.1) is 11.0 Å². The lowest BCUT2D eigenvalue weighted by Gasteiger charge is -2.43. The Morgan fingerprint density at radius 1 is 1.11 bits per heavy atom. The zero-order chi connectivity index (χ0) is 19.6. The van der Waals surface area contributed by atoms with Crippen molar-refractivity contribution in [3.8, 4) is 0 Å². The molecule has 0 bridgehead atoms. The lowest BCUT2D eigenvalue weighted by molar-refractivity contribution is -0.384. The quantitative estimate of drug-likeness (QED) is 0.623. The standard InChI is InChI=1S/C22H28N2O3/c1-22(2,3)23-19(15-16-9-11-18(12-10-16)24(26)27)13-14-20(23)21(25)17-7-5-4-6-8-17/h4-12,19-21,25H,13-15H2,1-3H3/t19-,20+,21+/m0/s1. The summed E-state index contributed by atoms with van der Waals surface area (Å²) in [4.78, 5) is 12.9. The summed E-state index contributed by atoms with van der Waals surface area (Å²) >= 11 is 0. The van der Waals surface area contributed by atoms with Crippen LogP contribution in [0.15, 0.2) is 54.6 Å². The van der Waals surface area contributed by atoms with Crippen molar-refractivity contribution in [1.82, 2.24) is 4.90 Å². The van der Waals surface area contributed by atoms with E-state index >= 15 is 0 Å². The molecule has 2 aromatic carbocycles. The monoisotopic (exact) mass is 368 g/mol. The molecule has 5 nitrogen and oxygen atoms in total. The van der Waals surface area contributed by atoms with E-state index in [1.807, 2.05) is 42.5 Å². The SMILES string of the molecule is CC(C)(C)N1[C@H](Cc2ccc([N+](=O)[O-])cc2)CC[C@@H]1[C@H](O)c1ccccc1. The van der Waals surface area contributed by atoms with Crippen LogP contribution < -0.4 is 0 Å². The molecular weight excluding hydrogens is 340 g/mol. The number of nitrogens with zero attached hydrogens (tertiary/aromatic N) is 2. The second-order valence-corrected chi connectivity index (χ2v) is 8.36. The lowest BCUT2D eigenvalue weighted by atomic mass is 9.96. The third kappa shape index (κ3) is 4.37. The van der Waals surface area contributed by atoms with Gasteiger partial charge in [-0.3, -0.25) is 15.0 Å². The van der Waals surface area contributed by atoms with Gasteiger partial charge < -0.3 is 5.11 Å². The van der Waals surface area contributed by atoms with Crippen molar-refractivity contribution in [2.45, 2.75) is 63.8 Å². The molecule has 0 radical (unpaired) electrons. The van der Waals surface area contributed by atoms with E-state index in [2.05, 4.69) is 25.7 Å². The van der Waals surface area contributed by atoms with Crippen LogP contribution in [0.3, 0.4) is 0 Å². The summed E-state index contributed by atoms with van der Waals surface area (Å²) in [5.41, 5.74) is 2.08. The van der Waals surface area contributed by atoms with Gasteiger partial charge in [0.1, 0.15) is 0 Å². The number of benzene rings is 2. The number of aliphatic hydroxyl groups is 1. The minimum absolute atomic E-state index is 0.0652. The third-order valence-electron chi connectivity index (χ3n) is 5.44.